The van der Waals surface area contributed by atoms with E-state index >= 15 is 0 Å². The highest BCUT2D eigenvalue weighted by Gasteiger charge is 2.28. The average Bonchev–Trinajstić information content (AvgIpc) is 3.18. The molecule has 1 aliphatic rings. The van der Waals surface area contributed by atoms with E-state index in [0.29, 0.717) is 11.4 Å². The molecule has 0 saturated carbocycles. The number of allylic oxidation sites excluding steroid dienone is 2. The zero-order chi connectivity index (χ0) is 15.9. The number of nitrogen functional groups attached to an aromatic ring is 1. The first-order valence-electron chi connectivity index (χ1n) is 6.80. The standard InChI is InChI=1S/C17H17N5/c18-15-13(9-1-5-11(6-2-9)16(19)20)14(15)10-3-7-12(8-4-10)17(21)22/h1-8H,18-20H2,(H3,21,22). The van der Waals surface area contributed by atoms with E-state index in [1.54, 1.807) is 0 Å². The first-order valence-corrected chi connectivity index (χ1v) is 6.80. The van der Waals surface area contributed by atoms with Crippen molar-refractivity contribution in [1.29, 1.82) is 5.41 Å². The van der Waals surface area contributed by atoms with Gasteiger partial charge in [0.15, 0.2) is 0 Å². The van der Waals surface area contributed by atoms with Crippen molar-refractivity contribution in [2.45, 2.75) is 0 Å². The molecule has 1 aliphatic carbocycles. The van der Waals surface area contributed by atoms with Gasteiger partial charge in [-0.25, -0.2) is 0 Å². The summed E-state index contributed by atoms with van der Waals surface area (Å²) in [5, 5.41) is 9.25. The van der Waals surface area contributed by atoms with Gasteiger partial charge in [0.25, 0.3) is 0 Å². The third kappa shape index (κ3) is 2.29. The van der Waals surface area contributed by atoms with Crippen LogP contribution in [-0.4, -0.2) is 5.84 Å². The summed E-state index contributed by atoms with van der Waals surface area (Å²) in [6.45, 7) is 0. The van der Waals surface area contributed by atoms with Gasteiger partial charge in [0, 0.05) is 27.6 Å². The summed E-state index contributed by atoms with van der Waals surface area (Å²) in [5.74, 6) is 0.355. The summed E-state index contributed by atoms with van der Waals surface area (Å²) in [4.78, 5) is 0. The van der Waals surface area contributed by atoms with Crippen LogP contribution in [0.5, 0.6) is 0 Å². The van der Waals surface area contributed by atoms with Crippen molar-refractivity contribution in [3.8, 4) is 0 Å². The van der Waals surface area contributed by atoms with E-state index in [1.165, 1.54) is 0 Å². The molecule has 0 spiro atoms. The molecule has 3 rings (SSSR count). The van der Waals surface area contributed by atoms with Crippen LogP contribution in [0.4, 0.5) is 0 Å². The largest absolute Gasteiger partial charge is 0.398 e. The zero-order valence-electron chi connectivity index (χ0n) is 11.9. The molecule has 0 atom stereocenters. The fourth-order valence-electron chi connectivity index (χ4n) is 2.45. The summed E-state index contributed by atoms with van der Waals surface area (Å²) in [5.41, 5.74) is 27.3. The highest BCUT2D eigenvalue weighted by molar-refractivity contribution is 6.23. The minimum absolute atomic E-state index is 0.0553. The quantitative estimate of drug-likeness (QED) is 0.377. The smallest absolute Gasteiger partial charge is 0.122 e. The molecule has 0 aliphatic heterocycles. The van der Waals surface area contributed by atoms with Gasteiger partial charge in [-0.05, 0) is 10.8 Å². The zero-order valence-corrected chi connectivity index (χ0v) is 11.9. The lowest BCUT2D eigenvalue weighted by atomic mass is 10.1. The molecule has 5 heteroatoms. The molecule has 0 unspecified atom stereocenters. The molecule has 2 aromatic carbocycles. The van der Waals surface area contributed by atoms with Crippen molar-refractivity contribution in [2.24, 2.45) is 22.9 Å². The minimum atomic E-state index is 0.0553. The summed E-state index contributed by atoms with van der Waals surface area (Å²) in [6.07, 6.45) is 0. The predicted octanol–water partition coefficient (Wildman–Crippen LogP) is -0.512. The number of amidine groups is 1. The van der Waals surface area contributed by atoms with Crippen LogP contribution >= 0.6 is 0 Å². The molecule has 0 radical (unpaired) electrons. The summed E-state index contributed by atoms with van der Waals surface area (Å²) in [7, 11) is 0. The summed E-state index contributed by atoms with van der Waals surface area (Å²) < 4.78 is 0. The molecular formula is C17H17N5. The fourth-order valence-corrected chi connectivity index (χ4v) is 2.45. The van der Waals surface area contributed by atoms with Gasteiger partial charge < -0.3 is 22.9 Å². The Balaban J connectivity index is 1.99. The van der Waals surface area contributed by atoms with Crippen LogP contribution in [0.1, 0.15) is 11.1 Å². The topological polar surface area (TPSA) is 128 Å². The Labute approximate surface area is 127 Å². The number of benzene rings is 2. The second-order valence-corrected chi connectivity index (χ2v) is 5.19. The molecule has 110 valence electrons. The highest BCUT2D eigenvalue weighted by atomic mass is 14.8. The fraction of sp³-hybridized carbons (Fsp3) is 0. The Morgan fingerprint density at radius 3 is 1.86 bits per heavy atom. The lowest BCUT2D eigenvalue weighted by Crippen LogP contribution is -2.21. The molecule has 0 aromatic heterocycles. The van der Waals surface area contributed by atoms with Gasteiger partial charge in [-0.15, -0.1) is 0 Å². The Kier molecular flexibility index (Phi) is 3.10. The van der Waals surface area contributed by atoms with Gasteiger partial charge in [0.05, 0.1) is 0 Å². The van der Waals surface area contributed by atoms with Gasteiger partial charge in [0.1, 0.15) is 11.7 Å². The van der Waals surface area contributed by atoms with Gasteiger partial charge in [-0.3, -0.25) is 5.41 Å². The predicted molar refractivity (Wildman–Crippen MR) is 89.4 cm³/mol. The molecule has 0 heterocycles. The number of hydrogen-bond acceptors (Lipinski definition) is 4. The van der Waals surface area contributed by atoms with E-state index in [1.807, 2.05) is 48.5 Å². The molecule has 0 amide bonds. The van der Waals surface area contributed by atoms with Crippen molar-refractivity contribution in [1.82, 2.24) is 0 Å². The number of rotatable bonds is 2. The van der Waals surface area contributed by atoms with Gasteiger partial charge in [0.2, 0.25) is 0 Å². The van der Waals surface area contributed by atoms with E-state index in [2.05, 4.69) is 0 Å². The molecule has 0 bridgehead atoms. The molecule has 0 fully saturated rings. The number of nitrogens with two attached hydrogens (primary N) is 4. The Bertz CT molecular complexity index is 893. The van der Waals surface area contributed by atoms with Gasteiger partial charge in [-0.2, -0.15) is 0 Å². The van der Waals surface area contributed by atoms with Gasteiger partial charge >= 0.3 is 0 Å². The average molecular weight is 291 g/mol. The molecule has 2 aromatic rings. The van der Waals surface area contributed by atoms with Crippen LogP contribution in [0.25, 0.3) is 17.0 Å². The number of nitrogens with one attached hydrogen (secondary N) is 1. The van der Waals surface area contributed by atoms with E-state index in [9.17, 15) is 0 Å². The number of hydrogen-bond donors (Lipinski definition) is 5. The normalized spacial score (nSPS) is 13.2. The lowest BCUT2D eigenvalue weighted by molar-refractivity contribution is 1.38. The SMILES string of the molecule is N=C(N)c1ccc(C2=C(N)C2=c2ccc(=C(N)N)cc2)cc1. The van der Waals surface area contributed by atoms with Crippen LogP contribution in [0, 0.1) is 5.41 Å². The van der Waals surface area contributed by atoms with Crippen LogP contribution in [0.15, 0.2) is 54.2 Å². The van der Waals surface area contributed by atoms with E-state index in [0.717, 1.165) is 32.8 Å². The van der Waals surface area contributed by atoms with Crippen molar-refractivity contribution >= 4 is 22.8 Å². The summed E-state index contributed by atoms with van der Waals surface area (Å²) in [6, 6.07) is 15.1. The molecule has 9 N–H and O–H groups in total. The maximum Gasteiger partial charge on any atom is 0.122 e. The van der Waals surface area contributed by atoms with Crippen LogP contribution in [-0.2, 0) is 0 Å². The van der Waals surface area contributed by atoms with E-state index in [4.69, 9.17) is 28.3 Å². The monoisotopic (exact) mass is 291 g/mol. The Hall–Kier alpha value is -3.21. The van der Waals surface area contributed by atoms with Crippen LogP contribution < -0.4 is 33.4 Å². The third-order valence-electron chi connectivity index (χ3n) is 3.72. The first-order chi connectivity index (χ1) is 10.5. The van der Waals surface area contributed by atoms with Crippen molar-refractivity contribution in [3.63, 3.8) is 0 Å². The molecular weight excluding hydrogens is 274 g/mol. The van der Waals surface area contributed by atoms with Crippen molar-refractivity contribution in [2.75, 3.05) is 0 Å². The maximum absolute atomic E-state index is 7.41. The maximum atomic E-state index is 7.41. The van der Waals surface area contributed by atoms with E-state index in [-0.39, 0.29) is 5.84 Å². The second-order valence-electron chi connectivity index (χ2n) is 5.19. The first kappa shape index (κ1) is 13.8. The lowest BCUT2D eigenvalue weighted by Gasteiger charge is -1.99. The van der Waals surface area contributed by atoms with Crippen LogP contribution in [0.3, 0.4) is 0 Å². The third-order valence-corrected chi connectivity index (χ3v) is 3.72. The second kappa shape index (κ2) is 4.96. The minimum Gasteiger partial charge on any atom is -0.398 e. The highest BCUT2D eigenvalue weighted by Crippen LogP contribution is 2.43. The molecule has 5 nitrogen and oxygen atoms in total. The summed E-state index contributed by atoms with van der Waals surface area (Å²) >= 11 is 0. The Morgan fingerprint density at radius 1 is 0.773 bits per heavy atom. The molecule has 22 heavy (non-hydrogen) atoms. The Morgan fingerprint density at radius 2 is 1.36 bits per heavy atom. The van der Waals surface area contributed by atoms with Gasteiger partial charge in [-0.1, -0.05) is 48.5 Å². The van der Waals surface area contributed by atoms with Crippen molar-refractivity contribution < 1.29 is 0 Å². The molecule has 0 saturated heterocycles. The van der Waals surface area contributed by atoms with Crippen molar-refractivity contribution in [3.05, 3.63) is 75.8 Å². The van der Waals surface area contributed by atoms with E-state index < -0.39 is 0 Å². The van der Waals surface area contributed by atoms with Crippen LogP contribution in [0.2, 0.25) is 0 Å².